The van der Waals surface area contributed by atoms with Crippen LogP contribution in [0.2, 0.25) is 5.02 Å². The molecule has 1 aliphatic rings. The summed E-state index contributed by atoms with van der Waals surface area (Å²) in [6.07, 6.45) is 10.0. The molecule has 9 nitrogen and oxygen atoms in total. The van der Waals surface area contributed by atoms with Crippen LogP contribution in [-0.2, 0) is 5.44 Å². The Morgan fingerprint density at radius 3 is 2.69 bits per heavy atom. The fraction of sp³-hybridized carbons (Fsp3) is 0.154. The lowest BCUT2D eigenvalue weighted by Crippen LogP contribution is -2.38. The molecule has 5 aromatic rings. The molecule has 1 aromatic carbocycles. The number of anilines is 3. The zero-order chi connectivity index (χ0) is 27.1. The van der Waals surface area contributed by atoms with Gasteiger partial charge in [0.15, 0.2) is 5.82 Å². The number of hydrogen-bond donors (Lipinski definition) is 2. The van der Waals surface area contributed by atoms with Gasteiger partial charge >= 0.3 is 0 Å². The molecule has 4 heterocycles. The molecule has 2 N–H and O–H groups in total. The summed E-state index contributed by atoms with van der Waals surface area (Å²) in [5, 5.41) is 25.9. The van der Waals surface area contributed by atoms with E-state index in [1.165, 1.54) is 6.20 Å². The maximum absolute atomic E-state index is 13.9. The Bertz CT molecular complexity index is 1750. The molecule has 39 heavy (non-hydrogen) atoms. The molecule has 1 unspecified atom stereocenters. The third-order valence-electron chi connectivity index (χ3n) is 6.69. The molecule has 1 atom stereocenters. The number of nitrogens with zero attached hydrogens (tertiary/aromatic N) is 7. The van der Waals surface area contributed by atoms with Gasteiger partial charge in [0.05, 0.1) is 51.4 Å². The Kier molecular flexibility index (Phi) is 6.08. The number of aromatic nitrogens is 6. The second-order valence-corrected chi connectivity index (χ2v) is 9.85. The molecule has 0 aliphatic heterocycles. The van der Waals surface area contributed by atoms with E-state index in [2.05, 4.69) is 42.0 Å². The summed E-state index contributed by atoms with van der Waals surface area (Å²) in [4.78, 5) is 12.1. The number of rotatable bonds is 7. The molecule has 0 radical (unpaired) electrons. The molecule has 1 fully saturated rings. The Labute approximate surface area is 227 Å². The maximum Gasteiger partial charge on any atom is 0.249 e. The summed E-state index contributed by atoms with van der Waals surface area (Å²) >= 11 is 6.67. The van der Waals surface area contributed by atoms with Gasteiger partial charge in [0, 0.05) is 35.7 Å². The van der Waals surface area contributed by atoms with Crippen molar-refractivity contribution in [1.29, 1.82) is 5.26 Å². The lowest BCUT2D eigenvalue weighted by molar-refractivity contribution is 0.480. The van der Waals surface area contributed by atoms with Gasteiger partial charge in [0.25, 0.3) is 0 Å². The molecule has 1 aliphatic carbocycles. The maximum atomic E-state index is 13.9. The van der Waals surface area contributed by atoms with Crippen molar-refractivity contribution in [1.82, 2.24) is 29.9 Å². The molecular formula is C26H19BClF2N9. The number of pyridine rings is 3. The molecule has 4 aromatic heterocycles. The second kappa shape index (κ2) is 9.60. The Morgan fingerprint density at radius 1 is 1.13 bits per heavy atom. The standard InChI is InChI=1S/C26H19BClF2N9/c27-26(15-2-1-5-32-11-15,22-13-39(38-37-22)18-3-4-18)36-16-6-19-23(35-17-8-21(29)25(30)34-12-17)14(9-31)10-33-24(19)20(28)7-16/h1-2,5-8,10-13,18,36H,3-4,27H2,(H,33,35). The zero-order valence-electron chi connectivity index (χ0n) is 20.5. The Morgan fingerprint density at radius 2 is 1.97 bits per heavy atom. The van der Waals surface area contributed by atoms with E-state index in [9.17, 15) is 14.0 Å². The van der Waals surface area contributed by atoms with Crippen molar-refractivity contribution in [3.05, 3.63) is 94.9 Å². The minimum atomic E-state index is -1.22. The lowest BCUT2D eigenvalue weighted by atomic mass is 9.70. The van der Waals surface area contributed by atoms with Crippen LogP contribution in [0.1, 0.15) is 35.7 Å². The van der Waals surface area contributed by atoms with Crippen LogP contribution < -0.4 is 10.6 Å². The van der Waals surface area contributed by atoms with Crippen molar-refractivity contribution in [2.45, 2.75) is 24.3 Å². The van der Waals surface area contributed by atoms with Crippen LogP contribution in [0.5, 0.6) is 0 Å². The van der Waals surface area contributed by atoms with E-state index in [0.717, 1.165) is 30.7 Å². The largest absolute Gasteiger partial charge is 0.377 e. The summed E-state index contributed by atoms with van der Waals surface area (Å²) in [6, 6.07) is 10.7. The fourth-order valence-electron chi connectivity index (χ4n) is 4.44. The summed E-state index contributed by atoms with van der Waals surface area (Å²) in [5.74, 6) is -2.34. The average Bonchev–Trinajstić information content (AvgIpc) is 3.67. The topological polar surface area (TPSA) is 117 Å². The first kappa shape index (κ1) is 24.7. The van der Waals surface area contributed by atoms with Gasteiger partial charge in [-0.3, -0.25) is 9.97 Å². The van der Waals surface area contributed by atoms with Gasteiger partial charge in [-0.25, -0.2) is 14.1 Å². The number of benzene rings is 1. The smallest absolute Gasteiger partial charge is 0.249 e. The van der Waals surface area contributed by atoms with Crippen LogP contribution in [0.15, 0.2) is 61.3 Å². The van der Waals surface area contributed by atoms with Gasteiger partial charge in [0.1, 0.15) is 19.6 Å². The normalized spacial score (nSPS) is 14.5. The molecule has 192 valence electrons. The first-order valence-corrected chi connectivity index (χ1v) is 12.4. The summed E-state index contributed by atoms with van der Waals surface area (Å²) in [5.41, 5.74) is 2.37. The summed E-state index contributed by atoms with van der Waals surface area (Å²) in [7, 11) is 1.97. The highest BCUT2D eigenvalue weighted by Crippen LogP contribution is 2.39. The minimum Gasteiger partial charge on any atom is -0.377 e. The van der Waals surface area contributed by atoms with E-state index in [4.69, 9.17) is 11.6 Å². The van der Waals surface area contributed by atoms with Gasteiger partial charge in [-0.15, -0.1) is 5.10 Å². The molecule has 6 rings (SSSR count). The number of halogens is 3. The minimum absolute atomic E-state index is 0.157. The summed E-state index contributed by atoms with van der Waals surface area (Å²) in [6.45, 7) is 0. The molecule has 0 bridgehead atoms. The monoisotopic (exact) mass is 541 g/mol. The van der Waals surface area contributed by atoms with E-state index >= 15 is 0 Å². The molecule has 0 saturated heterocycles. The third-order valence-corrected chi connectivity index (χ3v) is 6.98. The first-order valence-electron chi connectivity index (χ1n) is 12.1. The third kappa shape index (κ3) is 4.61. The van der Waals surface area contributed by atoms with Crippen molar-refractivity contribution in [3.63, 3.8) is 0 Å². The van der Waals surface area contributed by atoms with Crippen molar-refractivity contribution in [2.75, 3.05) is 10.6 Å². The first-order chi connectivity index (χ1) is 18.9. The zero-order valence-corrected chi connectivity index (χ0v) is 21.3. The van der Waals surface area contributed by atoms with Gasteiger partial charge in [-0.2, -0.15) is 9.65 Å². The quantitative estimate of drug-likeness (QED) is 0.229. The van der Waals surface area contributed by atoms with Crippen LogP contribution in [0.4, 0.5) is 25.8 Å². The molecule has 1 saturated carbocycles. The number of fused-ring (bicyclic) bond motifs is 1. The number of hydrogen-bond acceptors (Lipinski definition) is 8. The van der Waals surface area contributed by atoms with E-state index in [0.29, 0.717) is 39.0 Å². The number of nitrogens with one attached hydrogen (secondary N) is 2. The molecule has 0 amide bonds. The average molecular weight is 542 g/mol. The van der Waals surface area contributed by atoms with Crippen LogP contribution in [0.25, 0.3) is 10.9 Å². The van der Waals surface area contributed by atoms with E-state index in [1.807, 2.05) is 30.9 Å². The predicted molar refractivity (Wildman–Crippen MR) is 144 cm³/mol. The van der Waals surface area contributed by atoms with Gasteiger partial charge in [-0.05, 0) is 36.6 Å². The van der Waals surface area contributed by atoms with Gasteiger partial charge in [0.2, 0.25) is 5.95 Å². The Hall–Kier alpha value is -4.63. The predicted octanol–water partition coefficient (Wildman–Crippen LogP) is 4.44. The van der Waals surface area contributed by atoms with Crippen LogP contribution >= 0.6 is 11.6 Å². The SMILES string of the molecule is BC(Nc1cc(Cl)c2ncc(C#N)c(Nc3cnc(F)c(F)c3)c2c1)(c1cccnc1)c1cn(C2CC2)nn1. The molecule has 13 heteroatoms. The summed E-state index contributed by atoms with van der Waals surface area (Å²) < 4.78 is 29.2. The van der Waals surface area contributed by atoms with Crippen molar-refractivity contribution in [2.24, 2.45) is 0 Å². The van der Waals surface area contributed by atoms with Gasteiger partial charge < -0.3 is 10.6 Å². The second-order valence-electron chi connectivity index (χ2n) is 9.44. The van der Waals surface area contributed by atoms with Crippen LogP contribution in [0, 0.1) is 23.1 Å². The fourth-order valence-corrected chi connectivity index (χ4v) is 4.71. The molecule has 0 spiro atoms. The number of nitriles is 1. The van der Waals surface area contributed by atoms with E-state index in [-0.39, 0.29) is 11.3 Å². The van der Waals surface area contributed by atoms with E-state index in [1.54, 1.807) is 24.5 Å². The molecular weight excluding hydrogens is 523 g/mol. The Balaban J connectivity index is 1.47. The van der Waals surface area contributed by atoms with Crippen LogP contribution in [0.3, 0.4) is 0 Å². The van der Waals surface area contributed by atoms with Crippen molar-refractivity contribution in [3.8, 4) is 6.07 Å². The van der Waals surface area contributed by atoms with Crippen molar-refractivity contribution >= 4 is 47.4 Å². The highest BCUT2D eigenvalue weighted by Gasteiger charge is 2.34. The highest BCUT2D eigenvalue weighted by molar-refractivity contribution is 6.36. The van der Waals surface area contributed by atoms with Crippen molar-refractivity contribution < 1.29 is 8.78 Å². The van der Waals surface area contributed by atoms with E-state index < -0.39 is 17.2 Å². The lowest BCUT2D eigenvalue weighted by Gasteiger charge is -2.31. The van der Waals surface area contributed by atoms with Gasteiger partial charge in [-0.1, -0.05) is 22.9 Å². The highest BCUT2D eigenvalue weighted by atomic mass is 35.5. The van der Waals surface area contributed by atoms with Crippen LogP contribution in [-0.4, -0.2) is 37.8 Å².